The van der Waals surface area contributed by atoms with Crippen molar-refractivity contribution < 1.29 is 9.53 Å². The van der Waals surface area contributed by atoms with Crippen LogP contribution in [0.4, 0.5) is 5.69 Å². The van der Waals surface area contributed by atoms with Gasteiger partial charge in [0.1, 0.15) is 6.10 Å². The molecule has 70 valence electrons. The highest BCUT2D eigenvalue weighted by Crippen LogP contribution is 2.38. The third-order valence-electron chi connectivity index (χ3n) is 1.93. The first-order valence-electron chi connectivity index (χ1n) is 4.22. The lowest BCUT2D eigenvalue weighted by Gasteiger charge is -2.21. The number of ether oxygens (including phenoxy) is 1. The van der Waals surface area contributed by atoms with Gasteiger partial charge in [-0.25, -0.2) is 0 Å². The summed E-state index contributed by atoms with van der Waals surface area (Å²) in [5.41, 5.74) is 0.952. The van der Waals surface area contributed by atoms with Gasteiger partial charge in [-0.05, 0) is 19.9 Å². The zero-order valence-corrected chi connectivity index (χ0v) is 8.40. The first kappa shape index (κ1) is 8.56. The minimum absolute atomic E-state index is 0.0949. The van der Waals surface area contributed by atoms with Gasteiger partial charge in [0.25, 0.3) is 0 Å². The summed E-state index contributed by atoms with van der Waals surface area (Å²) >= 11 is 1.41. The molecule has 0 aromatic carbocycles. The molecule has 1 aliphatic rings. The molecule has 1 unspecified atom stereocenters. The van der Waals surface area contributed by atoms with Crippen molar-refractivity contribution in [3.8, 4) is 5.06 Å². The number of carbonyl (C=O) groups excluding carboxylic acids is 1. The third-order valence-corrected chi connectivity index (χ3v) is 3.06. The van der Waals surface area contributed by atoms with E-state index in [0.29, 0.717) is 0 Å². The number of carbonyl (C=O) groups is 1. The van der Waals surface area contributed by atoms with Crippen molar-refractivity contribution in [1.82, 2.24) is 0 Å². The first-order chi connectivity index (χ1) is 6.16. The molecule has 0 saturated heterocycles. The molecule has 2 rings (SSSR count). The lowest BCUT2D eigenvalue weighted by Crippen LogP contribution is -2.26. The molecule has 3 nitrogen and oxygen atoms in total. The number of anilines is 1. The van der Waals surface area contributed by atoms with Crippen LogP contribution in [0.2, 0.25) is 0 Å². The van der Waals surface area contributed by atoms with Gasteiger partial charge >= 0.3 is 0 Å². The van der Waals surface area contributed by atoms with Crippen LogP contribution in [0.15, 0.2) is 6.07 Å². The van der Waals surface area contributed by atoms with E-state index >= 15 is 0 Å². The summed E-state index contributed by atoms with van der Waals surface area (Å²) in [5, 5.41) is 4.06. The van der Waals surface area contributed by atoms with Crippen molar-refractivity contribution in [3.63, 3.8) is 0 Å². The highest BCUT2D eigenvalue weighted by atomic mass is 32.1. The Balaban J connectivity index is 2.33. The normalized spacial score (nSPS) is 20.0. The number of hydrogen-bond donors (Lipinski definition) is 1. The average Bonchev–Trinajstić information content (AvgIpc) is 2.46. The molecule has 1 aromatic heterocycles. The van der Waals surface area contributed by atoms with Crippen molar-refractivity contribution in [1.29, 1.82) is 0 Å². The molecular weight excluding hydrogens is 186 g/mol. The van der Waals surface area contributed by atoms with Crippen LogP contribution in [0.25, 0.3) is 0 Å². The van der Waals surface area contributed by atoms with E-state index in [9.17, 15) is 4.79 Å². The van der Waals surface area contributed by atoms with Gasteiger partial charge in [-0.1, -0.05) is 11.3 Å². The SMILES string of the molecule is CC(=O)c1cc2c(s1)OC(C)CN2. The predicted octanol–water partition coefficient (Wildman–Crippen LogP) is 2.14. The number of nitrogens with one attached hydrogen (secondary N) is 1. The summed E-state index contributed by atoms with van der Waals surface area (Å²) in [5.74, 6) is 0.0949. The molecule has 1 N–H and O–H groups in total. The van der Waals surface area contributed by atoms with Crippen LogP contribution in [0.1, 0.15) is 23.5 Å². The van der Waals surface area contributed by atoms with Gasteiger partial charge in [-0.2, -0.15) is 0 Å². The molecule has 0 aliphatic carbocycles. The van der Waals surface area contributed by atoms with Gasteiger partial charge in [0.15, 0.2) is 10.8 Å². The molecule has 1 aromatic rings. The molecule has 4 heteroatoms. The maximum absolute atomic E-state index is 11.1. The zero-order valence-electron chi connectivity index (χ0n) is 7.59. The van der Waals surface area contributed by atoms with E-state index in [0.717, 1.165) is 22.2 Å². The van der Waals surface area contributed by atoms with Crippen LogP contribution in [-0.2, 0) is 0 Å². The van der Waals surface area contributed by atoms with Gasteiger partial charge in [0.2, 0.25) is 0 Å². The van der Waals surface area contributed by atoms with E-state index in [1.165, 1.54) is 11.3 Å². The highest BCUT2D eigenvalue weighted by Gasteiger charge is 2.19. The second-order valence-electron chi connectivity index (χ2n) is 3.18. The third kappa shape index (κ3) is 1.54. The lowest BCUT2D eigenvalue weighted by molar-refractivity contribution is 0.102. The number of ketones is 1. The molecule has 13 heavy (non-hydrogen) atoms. The van der Waals surface area contributed by atoms with E-state index in [-0.39, 0.29) is 11.9 Å². The Hall–Kier alpha value is -1.03. The van der Waals surface area contributed by atoms with Gasteiger partial charge in [-0.15, -0.1) is 0 Å². The molecule has 0 spiro atoms. The largest absolute Gasteiger partial charge is 0.477 e. The van der Waals surface area contributed by atoms with Crippen LogP contribution in [-0.4, -0.2) is 18.4 Å². The van der Waals surface area contributed by atoms with Gasteiger partial charge in [0, 0.05) is 0 Å². The molecule has 0 fully saturated rings. The summed E-state index contributed by atoms with van der Waals surface area (Å²) < 4.78 is 5.57. The quantitative estimate of drug-likeness (QED) is 0.701. The topological polar surface area (TPSA) is 38.3 Å². The Labute approximate surface area is 80.7 Å². The van der Waals surface area contributed by atoms with Crippen LogP contribution in [0, 0.1) is 0 Å². The van der Waals surface area contributed by atoms with E-state index in [1.807, 2.05) is 13.0 Å². The fourth-order valence-corrected chi connectivity index (χ4v) is 2.21. The summed E-state index contributed by atoms with van der Waals surface area (Å²) in [6, 6.07) is 1.86. The molecule has 0 amide bonds. The molecule has 2 heterocycles. The molecule has 0 bridgehead atoms. The number of thiophene rings is 1. The Kier molecular flexibility index (Phi) is 2.00. The van der Waals surface area contributed by atoms with E-state index in [4.69, 9.17) is 4.74 Å². The maximum atomic E-state index is 11.1. The van der Waals surface area contributed by atoms with Crippen LogP contribution >= 0.6 is 11.3 Å². The maximum Gasteiger partial charge on any atom is 0.198 e. The van der Waals surface area contributed by atoms with Crippen molar-refractivity contribution in [2.75, 3.05) is 11.9 Å². The Morgan fingerprint density at radius 2 is 2.54 bits per heavy atom. The van der Waals surface area contributed by atoms with E-state index in [2.05, 4.69) is 5.32 Å². The zero-order chi connectivity index (χ0) is 9.42. The van der Waals surface area contributed by atoms with Crippen molar-refractivity contribution in [3.05, 3.63) is 10.9 Å². The molecule has 0 radical (unpaired) electrons. The van der Waals surface area contributed by atoms with Crippen molar-refractivity contribution in [2.24, 2.45) is 0 Å². The Morgan fingerprint density at radius 3 is 3.23 bits per heavy atom. The number of rotatable bonds is 1. The second kappa shape index (κ2) is 3.03. The fraction of sp³-hybridized carbons (Fsp3) is 0.444. The minimum atomic E-state index is 0.0949. The predicted molar refractivity (Wildman–Crippen MR) is 52.9 cm³/mol. The minimum Gasteiger partial charge on any atom is -0.477 e. The molecular formula is C9H11NO2S. The molecule has 0 saturated carbocycles. The van der Waals surface area contributed by atoms with Crippen LogP contribution in [0.3, 0.4) is 0 Å². The summed E-state index contributed by atoms with van der Waals surface area (Å²) in [6.07, 6.45) is 0.186. The fourth-order valence-electron chi connectivity index (χ4n) is 1.24. The number of Topliss-reactive ketones (excluding diaryl/α,β-unsaturated/α-hetero) is 1. The average molecular weight is 197 g/mol. The molecule has 1 atom stereocenters. The first-order valence-corrected chi connectivity index (χ1v) is 5.04. The summed E-state index contributed by atoms with van der Waals surface area (Å²) in [7, 11) is 0. The van der Waals surface area contributed by atoms with E-state index in [1.54, 1.807) is 6.92 Å². The van der Waals surface area contributed by atoms with Crippen molar-refractivity contribution >= 4 is 22.8 Å². The van der Waals surface area contributed by atoms with Gasteiger partial charge in [0.05, 0.1) is 17.1 Å². The summed E-state index contributed by atoms with van der Waals surface area (Å²) in [4.78, 5) is 11.8. The Bertz CT molecular complexity index is 345. The highest BCUT2D eigenvalue weighted by molar-refractivity contribution is 7.16. The smallest absolute Gasteiger partial charge is 0.198 e. The Morgan fingerprint density at radius 1 is 1.77 bits per heavy atom. The van der Waals surface area contributed by atoms with Crippen LogP contribution < -0.4 is 10.1 Å². The monoisotopic (exact) mass is 197 g/mol. The standard InChI is InChI=1S/C9H11NO2S/c1-5-4-10-7-3-8(6(2)11)13-9(7)12-5/h3,5,10H,4H2,1-2H3. The molecule has 1 aliphatic heterocycles. The van der Waals surface area contributed by atoms with Gasteiger partial charge in [-0.3, -0.25) is 4.79 Å². The summed E-state index contributed by atoms with van der Waals surface area (Å²) in [6.45, 7) is 4.38. The van der Waals surface area contributed by atoms with Crippen LogP contribution in [0.5, 0.6) is 5.06 Å². The van der Waals surface area contributed by atoms with E-state index < -0.39 is 0 Å². The van der Waals surface area contributed by atoms with Gasteiger partial charge < -0.3 is 10.1 Å². The van der Waals surface area contributed by atoms with Crippen molar-refractivity contribution in [2.45, 2.75) is 20.0 Å². The number of hydrogen-bond acceptors (Lipinski definition) is 4. The second-order valence-corrected chi connectivity index (χ2v) is 4.19. The number of fused-ring (bicyclic) bond motifs is 1. The lowest BCUT2D eigenvalue weighted by atomic mass is 10.3.